The SMILES string of the molecule is Cc1nnn2c1Cc1c(-c3noc(C(C)C)n3)ncn1-c1ccc(F)cc1-2. The lowest BCUT2D eigenvalue weighted by Gasteiger charge is -2.09. The molecule has 0 saturated heterocycles. The van der Waals surface area contributed by atoms with Crippen LogP contribution in [0.25, 0.3) is 22.9 Å². The third kappa shape index (κ3) is 2.31. The Morgan fingerprint density at radius 2 is 2.04 bits per heavy atom. The third-order valence-electron chi connectivity index (χ3n) is 4.73. The van der Waals surface area contributed by atoms with Gasteiger partial charge >= 0.3 is 0 Å². The molecule has 0 amide bonds. The molecule has 8 nitrogen and oxygen atoms in total. The summed E-state index contributed by atoms with van der Waals surface area (Å²) in [5.74, 6) is 0.792. The largest absolute Gasteiger partial charge is 0.339 e. The topological polar surface area (TPSA) is 87.4 Å². The highest BCUT2D eigenvalue weighted by Crippen LogP contribution is 2.33. The first-order chi connectivity index (χ1) is 13.0. The summed E-state index contributed by atoms with van der Waals surface area (Å²) in [6.45, 7) is 5.86. The second kappa shape index (κ2) is 5.57. The van der Waals surface area contributed by atoms with Crippen LogP contribution in [0.4, 0.5) is 4.39 Å². The molecule has 3 aromatic heterocycles. The van der Waals surface area contributed by atoms with Crippen molar-refractivity contribution in [3.8, 4) is 22.9 Å². The van der Waals surface area contributed by atoms with Crippen LogP contribution in [0.5, 0.6) is 0 Å². The van der Waals surface area contributed by atoms with Gasteiger partial charge in [-0.2, -0.15) is 4.98 Å². The molecule has 5 rings (SSSR count). The van der Waals surface area contributed by atoms with Crippen molar-refractivity contribution in [1.29, 1.82) is 0 Å². The molecule has 1 aromatic carbocycles. The lowest BCUT2D eigenvalue weighted by Crippen LogP contribution is -2.04. The van der Waals surface area contributed by atoms with Crippen LogP contribution in [-0.2, 0) is 6.42 Å². The number of nitrogens with zero attached hydrogens (tertiary/aromatic N) is 7. The van der Waals surface area contributed by atoms with E-state index in [1.807, 2.05) is 25.3 Å². The molecule has 4 aromatic rings. The Hall–Kier alpha value is -3.36. The van der Waals surface area contributed by atoms with Gasteiger partial charge in [-0.05, 0) is 19.1 Å². The summed E-state index contributed by atoms with van der Waals surface area (Å²) in [7, 11) is 0. The van der Waals surface area contributed by atoms with Crippen LogP contribution >= 0.6 is 0 Å². The molecular weight excluding hydrogens is 349 g/mol. The Morgan fingerprint density at radius 1 is 1.19 bits per heavy atom. The number of imidazole rings is 1. The van der Waals surface area contributed by atoms with E-state index in [9.17, 15) is 4.39 Å². The van der Waals surface area contributed by atoms with Gasteiger partial charge in [-0.1, -0.05) is 24.2 Å². The molecule has 0 fully saturated rings. The van der Waals surface area contributed by atoms with Crippen LogP contribution in [0.1, 0.15) is 42.7 Å². The van der Waals surface area contributed by atoms with E-state index >= 15 is 0 Å². The first kappa shape index (κ1) is 15.9. The highest BCUT2D eigenvalue weighted by molar-refractivity contribution is 5.62. The van der Waals surface area contributed by atoms with Gasteiger partial charge in [0.25, 0.3) is 0 Å². The smallest absolute Gasteiger partial charge is 0.229 e. The van der Waals surface area contributed by atoms with Crippen molar-refractivity contribution in [2.75, 3.05) is 0 Å². The molecule has 9 heteroatoms. The summed E-state index contributed by atoms with van der Waals surface area (Å²) in [6.07, 6.45) is 2.21. The first-order valence-electron chi connectivity index (χ1n) is 8.64. The Bertz CT molecular complexity index is 1170. The average Bonchev–Trinajstić information content (AvgIpc) is 3.33. The second-order valence-electron chi connectivity index (χ2n) is 6.86. The number of fused-ring (bicyclic) bond motifs is 5. The molecule has 0 saturated carbocycles. The fourth-order valence-electron chi connectivity index (χ4n) is 3.30. The summed E-state index contributed by atoms with van der Waals surface area (Å²) in [5, 5.41) is 12.5. The zero-order valence-electron chi connectivity index (χ0n) is 15.0. The number of aryl methyl sites for hydroxylation is 1. The van der Waals surface area contributed by atoms with Crippen molar-refractivity contribution in [1.82, 2.24) is 34.7 Å². The van der Waals surface area contributed by atoms with Gasteiger partial charge in [0, 0.05) is 18.4 Å². The van der Waals surface area contributed by atoms with E-state index in [-0.39, 0.29) is 11.7 Å². The van der Waals surface area contributed by atoms with E-state index in [1.54, 1.807) is 17.1 Å². The van der Waals surface area contributed by atoms with Gasteiger partial charge in [0.15, 0.2) is 0 Å². The standard InChI is InChI=1S/C18H16FN7O/c1-9(2)18-21-17(23-27-18)16-15-7-13-10(3)22-24-26(13)14-6-11(19)4-5-12(14)25(15)8-20-16/h4-6,8-9H,7H2,1-3H3. The maximum Gasteiger partial charge on any atom is 0.229 e. The molecule has 0 spiro atoms. The lowest BCUT2D eigenvalue weighted by molar-refractivity contribution is 0.365. The molecule has 0 atom stereocenters. The van der Waals surface area contributed by atoms with Crippen LogP contribution in [0.2, 0.25) is 0 Å². The van der Waals surface area contributed by atoms with Crippen molar-refractivity contribution < 1.29 is 8.91 Å². The number of halogens is 1. The zero-order valence-corrected chi connectivity index (χ0v) is 15.0. The van der Waals surface area contributed by atoms with Gasteiger partial charge in [-0.15, -0.1) is 5.10 Å². The Kier molecular flexibility index (Phi) is 3.27. The van der Waals surface area contributed by atoms with Crippen molar-refractivity contribution >= 4 is 0 Å². The maximum atomic E-state index is 13.9. The van der Waals surface area contributed by atoms with Crippen molar-refractivity contribution in [2.24, 2.45) is 0 Å². The minimum Gasteiger partial charge on any atom is -0.339 e. The molecule has 27 heavy (non-hydrogen) atoms. The molecule has 0 unspecified atom stereocenters. The fourth-order valence-corrected chi connectivity index (χ4v) is 3.30. The van der Waals surface area contributed by atoms with Gasteiger partial charge in [0.2, 0.25) is 11.7 Å². The summed E-state index contributed by atoms with van der Waals surface area (Å²) in [6, 6.07) is 4.58. The van der Waals surface area contributed by atoms with E-state index in [1.165, 1.54) is 12.1 Å². The Balaban J connectivity index is 1.76. The van der Waals surface area contributed by atoms with E-state index in [4.69, 9.17) is 4.52 Å². The molecule has 136 valence electrons. The number of hydrogen-bond acceptors (Lipinski definition) is 6. The predicted octanol–water partition coefficient (Wildman–Crippen LogP) is 2.98. The lowest BCUT2D eigenvalue weighted by atomic mass is 10.1. The van der Waals surface area contributed by atoms with Crippen LogP contribution in [0.15, 0.2) is 29.0 Å². The van der Waals surface area contributed by atoms with Crippen molar-refractivity contribution in [3.05, 3.63) is 53.3 Å². The molecule has 0 bridgehead atoms. The van der Waals surface area contributed by atoms with Crippen LogP contribution in [-0.4, -0.2) is 34.7 Å². The molecule has 0 N–H and O–H groups in total. The monoisotopic (exact) mass is 365 g/mol. The van der Waals surface area contributed by atoms with E-state index in [0.717, 1.165) is 22.8 Å². The number of benzene rings is 1. The minimum absolute atomic E-state index is 0.129. The van der Waals surface area contributed by atoms with Crippen LogP contribution in [0.3, 0.4) is 0 Å². The fraction of sp³-hybridized carbons (Fsp3) is 0.278. The predicted molar refractivity (Wildman–Crippen MR) is 93.4 cm³/mol. The first-order valence-corrected chi connectivity index (χ1v) is 8.64. The van der Waals surface area contributed by atoms with E-state index < -0.39 is 0 Å². The van der Waals surface area contributed by atoms with Crippen LogP contribution < -0.4 is 0 Å². The second-order valence-corrected chi connectivity index (χ2v) is 6.86. The summed E-state index contributed by atoms with van der Waals surface area (Å²) in [4.78, 5) is 9.00. The highest BCUT2D eigenvalue weighted by atomic mass is 19.1. The Labute approximate surface area is 153 Å². The van der Waals surface area contributed by atoms with Crippen molar-refractivity contribution in [3.63, 3.8) is 0 Å². The molecule has 4 heterocycles. The Morgan fingerprint density at radius 3 is 2.81 bits per heavy atom. The summed E-state index contributed by atoms with van der Waals surface area (Å²) in [5.41, 5.74) is 4.54. The van der Waals surface area contributed by atoms with E-state index in [0.29, 0.717) is 29.5 Å². The van der Waals surface area contributed by atoms with Crippen molar-refractivity contribution in [2.45, 2.75) is 33.1 Å². The quantitative estimate of drug-likeness (QED) is 0.478. The zero-order chi connectivity index (χ0) is 18.7. The van der Waals surface area contributed by atoms with E-state index in [2.05, 4.69) is 25.4 Å². The minimum atomic E-state index is -0.337. The molecule has 1 aliphatic heterocycles. The van der Waals surface area contributed by atoms with Gasteiger partial charge in [-0.3, -0.25) is 4.57 Å². The maximum absolute atomic E-state index is 13.9. The van der Waals surface area contributed by atoms with Gasteiger partial charge in [0.05, 0.1) is 28.5 Å². The highest BCUT2D eigenvalue weighted by Gasteiger charge is 2.27. The molecule has 0 radical (unpaired) electrons. The van der Waals surface area contributed by atoms with Gasteiger partial charge in [-0.25, -0.2) is 14.1 Å². The third-order valence-corrected chi connectivity index (χ3v) is 4.73. The molecule has 0 aliphatic carbocycles. The number of rotatable bonds is 2. The molecule has 1 aliphatic rings. The van der Waals surface area contributed by atoms with Gasteiger partial charge < -0.3 is 4.52 Å². The summed E-state index contributed by atoms with van der Waals surface area (Å²) >= 11 is 0. The molecular formula is C18H16FN7O. The number of aromatic nitrogens is 7. The van der Waals surface area contributed by atoms with Crippen LogP contribution in [0, 0.1) is 12.7 Å². The normalized spacial score (nSPS) is 12.6. The number of hydrogen-bond donors (Lipinski definition) is 0. The summed E-state index contributed by atoms with van der Waals surface area (Å²) < 4.78 is 22.9. The van der Waals surface area contributed by atoms with Gasteiger partial charge in [0.1, 0.15) is 17.8 Å². The average molecular weight is 365 g/mol.